The van der Waals surface area contributed by atoms with Crippen LogP contribution in [0.1, 0.15) is 51.0 Å². The average molecular weight is 388 g/mol. The predicted octanol–water partition coefficient (Wildman–Crippen LogP) is 4.52. The summed E-state index contributed by atoms with van der Waals surface area (Å²) in [5, 5.41) is 2.76. The van der Waals surface area contributed by atoms with Crippen molar-refractivity contribution in [2.45, 2.75) is 53.6 Å². The second-order valence-electron chi connectivity index (χ2n) is 6.69. The Labute approximate surface area is 163 Å². The number of carbonyl (C=O) groups excluding carboxylic acids is 3. The number of thiophene rings is 1. The molecule has 0 unspecified atom stereocenters. The zero-order valence-electron chi connectivity index (χ0n) is 16.3. The number of nitrogens with one attached hydrogen (secondary N) is 1. The summed E-state index contributed by atoms with van der Waals surface area (Å²) < 4.78 is 5.17. The van der Waals surface area contributed by atoms with Gasteiger partial charge in [-0.25, -0.2) is 0 Å². The molecule has 2 aromatic rings. The molecule has 2 rings (SSSR count). The van der Waals surface area contributed by atoms with Gasteiger partial charge in [0.2, 0.25) is 0 Å². The number of aryl methyl sites for hydroxylation is 4. The molecule has 0 fully saturated rings. The lowest BCUT2D eigenvalue weighted by Gasteiger charge is -2.15. The highest BCUT2D eigenvalue weighted by molar-refractivity contribution is 7.12. The number of Topliss-reactive ketones (excluding diaryl/α,β-unsaturated/α-hetero) is 1. The number of hydrogen-bond donors (Lipinski definition) is 1. The summed E-state index contributed by atoms with van der Waals surface area (Å²) in [6, 6.07) is 7.53. The third-order valence-electron chi connectivity index (χ3n) is 4.21. The first-order chi connectivity index (χ1) is 12.7. The zero-order valence-corrected chi connectivity index (χ0v) is 17.2. The molecule has 1 aromatic heterocycles. The van der Waals surface area contributed by atoms with Crippen LogP contribution in [0.4, 0.5) is 5.69 Å². The largest absolute Gasteiger partial charge is 0.453 e. The SMILES string of the molecule is Cc1ccc(NC(=O)[C@H](C)OC(=O)CCC(=O)c2cc(C)sc2C)c(C)c1. The first kappa shape index (κ1) is 20.8. The number of ether oxygens (including phenoxy) is 1. The summed E-state index contributed by atoms with van der Waals surface area (Å²) >= 11 is 1.56. The summed E-state index contributed by atoms with van der Waals surface area (Å²) in [5.41, 5.74) is 3.39. The molecule has 1 N–H and O–H groups in total. The number of amides is 1. The van der Waals surface area contributed by atoms with Crippen LogP contribution >= 0.6 is 11.3 Å². The quantitative estimate of drug-likeness (QED) is 0.560. The van der Waals surface area contributed by atoms with Crippen molar-refractivity contribution in [1.82, 2.24) is 0 Å². The Morgan fingerprint density at radius 3 is 2.37 bits per heavy atom. The van der Waals surface area contributed by atoms with Gasteiger partial charge in [0.15, 0.2) is 11.9 Å². The van der Waals surface area contributed by atoms with Crippen LogP contribution in [0.3, 0.4) is 0 Å². The van der Waals surface area contributed by atoms with Crippen LogP contribution in [0.5, 0.6) is 0 Å². The van der Waals surface area contributed by atoms with Gasteiger partial charge in [-0.1, -0.05) is 17.7 Å². The molecule has 0 saturated carbocycles. The zero-order chi connectivity index (χ0) is 20.1. The highest BCUT2D eigenvalue weighted by Crippen LogP contribution is 2.22. The van der Waals surface area contributed by atoms with Crippen molar-refractivity contribution in [2.75, 3.05) is 5.32 Å². The molecule has 6 heteroatoms. The molecule has 1 atom stereocenters. The van der Waals surface area contributed by atoms with E-state index in [4.69, 9.17) is 4.74 Å². The fourth-order valence-electron chi connectivity index (χ4n) is 2.76. The second kappa shape index (κ2) is 8.95. The Morgan fingerprint density at radius 1 is 1.07 bits per heavy atom. The fourth-order valence-corrected chi connectivity index (χ4v) is 3.70. The molecular weight excluding hydrogens is 362 g/mol. The Balaban J connectivity index is 1.84. The van der Waals surface area contributed by atoms with Gasteiger partial charge >= 0.3 is 5.97 Å². The minimum Gasteiger partial charge on any atom is -0.453 e. The molecule has 0 bridgehead atoms. The first-order valence-corrected chi connectivity index (χ1v) is 9.67. The third-order valence-corrected chi connectivity index (χ3v) is 5.18. The van der Waals surface area contributed by atoms with Crippen LogP contribution < -0.4 is 5.32 Å². The molecule has 1 amide bonds. The average Bonchev–Trinajstić information content (AvgIpc) is 2.93. The number of carbonyl (C=O) groups is 3. The summed E-state index contributed by atoms with van der Waals surface area (Å²) in [7, 11) is 0. The van der Waals surface area contributed by atoms with Gasteiger partial charge in [-0.15, -0.1) is 11.3 Å². The molecule has 1 aromatic carbocycles. The van der Waals surface area contributed by atoms with Gasteiger partial charge in [0, 0.05) is 27.4 Å². The van der Waals surface area contributed by atoms with Gasteiger partial charge < -0.3 is 10.1 Å². The summed E-state index contributed by atoms with van der Waals surface area (Å²) in [6.45, 7) is 9.23. The Bertz CT molecular complexity index is 869. The lowest BCUT2D eigenvalue weighted by molar-refractivity contribution is -0.153. The van der Waals surface area contributed by atoms with Crippen LogP contribution in [0.2, 0.25) is 0 Å². The molecule has 0 aliphatic rings. The summed E-state index contributed by atoms with van der Waals surface area (Å²) in [5.74, 6) is -1.04. The van der Waals surface area contributed by atoms with Crippen molar-refractivity contribution in [2.24, 2.45) is 0 Å². The normalized spacial score (nSPS) is 11.7. The van der Waals surface area contributed by atoms with Gasteiger partial charge in [0.1, 0.15) is 0 Å². The minimum absolute atomic E-state index is 0.0473. The van der Waals surface area contributed by atoms with E-state index in [1.165, 1.54) is 6.92 Å². The van der Waals surface area contributed by atoms with E-state index in [1.807, 2.05) is 52.0 Å². The molecule has 0 saturated heterocycles. The molecule has 27 heavy (non-hydrogen) atoms. The summed E-state index contributed by atoms with van der Waals surface area (Å²) in [4.78, 5) is 38.5. The van der Waals surface area contributed by atoms with Gasteiger partial charge in [0.25, 0.3) is 5.91 Å². The van der Waals surface area contributed by atoms with Crippen LogP contribution in [0.25, 0.3) is 0 Å². The minimum atomic E-state index is -0.932. The molecule has 144 valence electrons. The number of benzene rings is 1. The van der Waals surface area contributed by atoms with E-state index in [9.17, 15) is 14.4 Å². The number of esters is 1. The number of anilines is 1. The molecule has 0 aliphatic heterocycles. The van der Waals surface area contributed by atoms with E-state index in [1.54, 1.807) is 11.3 Å². The van der Waals surface area contributed by atoms with E-state index in [-0.39, 0.29) is 18.6 Å². The van der Waals surface area contributed by atoms with Crippen LogP contribution in [-0.4, -0.2) is 23.8 Å². The maximum Gasteiger partial charge on any atom is 0.307 e. The molecule has 0 spiro atoms. The van der Waals surface area contributed by atoms with Crippen molar-refractivity contribution in [3.05, 3.63) is 50.7 Å². The van der Waals surface area contributed by atoms with Crippen molar-refractivity contribution in [3.63, 3.8) is 0 Å². The van der Waals surface area contributed by atoms with E-state index in [0.717, 1.165) is 20.9 Å². The predicted molar refractivity (Wildman–Crippen MR) is 107 cm³/mol. The van der Waals surface area contributed by atoms with Crippen molar-refractivity contribution in [3.8, 4) is 0 Å². The number of ketones is 1. The lowest BCUT2D eigenvalue weighted by atomic mass is 10.1. The number of hydrogen-bond acceptors (Lipinski definition) is 5. The maximum absolute atomic E-state index is 12.2. The first-order valence-electron chi connectivity index (χ1n) is 8.85. The Morgan fingerprint density at radius 2 is 1.78 bits per heavy atom. The molecule has 0 aliphatic carbocycles. The van der Waals surface area contributed by atoms with Gasteiger partial charge in [-0.2, -0.15) is 0 Å². The Hall–Kier alpha value is -2.47. The van der Waals surface area contributed by atoms with E-state index >= 15 is 0 Å². The van der Waals surface area contributed by atoms with E-state index < -0.39 is 18.0 Å². The smallest absolute Gasteiger partial charge is 0.307 e. The fraction of sp³-hybridized carbons (Fsp3) is 0.381. The van der Waals surface area contributed by atoms with Gasteiger partial charge in [-0.05, 0) is 52.3 Å². The van der Waals surface area contributed by atoms with Crippen LogP contribution in [0, 0.1) is 27.7 Å². The lowest BCUT2D eigenvalue weighted by Crippen LogP contribution is -2.30. The monoisotopic (exact) mass is 387 g/mol. The third kappa shape index (κ3) is 5.76. The van der Waals surface area contributed by atoms with Gasteiger partial charge in [-0.3, -0.25) is 14.4 Å². The van der Waals surface area contributed by atoms with E-state index in [2.05, 4.69) is 5.32 Å². The second-order valence-corrected chi connectivity index (χ2v) is 8.15. The van der Waals surface area contributed by atoms with E-state index in [0.29, 0.717) is 11.3 Å². The van der Waals surface area contributed by atoms with Crippen LogP contribution in [-0.2, 0) is 14.3 Å². The van der Waals surface area contributed by atoms with Crippen LogP contribution in [0.15, 0.2) is 24.3 Å². The van der Waals surface area contributed by atoms with Gasteiger partial charge in [0.05, 0.1) is 6.42 Å². The summed E-state index contributed by atoms with van der Waals surface area (Å²) in [6.07, 6.45) is -0.909. The highest BCUT2D eigenvalue weighted by atomic mass is 32.1. The van der Waals surface area contributed by atoms with Crippen molar-refractivity contribution in [1.29, 1.82) is 0 Å². The molecule has 5 nitrogen and oxygen atoms in total. The van der Waals surface area contributed by atoms with Crippen molar-refractivity contribution >= 4 is 34.7 Å². The maximum atomic E-state index is 12.2. The molecule has 1 heterocycles. The number of rotatable bonds is 7. The Kier molecular flexibility index (Phi) is 6.91. The van der Waals surface area contributed by atoms with Crippen molar-refractivity contribution < 1.29 is 19.1 Å². The molecule has 0 radical (unpaired) electrons. The topological polar surface area (TPSA) is 72.5 Å². The molecular formula is C21H25NO4S. The highest BCUT2D eigenvalue weighted by Gasteiger charge is 2.20. The standard InChI is InChI=1S/C21H25NO4S/c1-12-6-7-18(13(2)10-12)22-21(25)15(4)26-20(24)9-8-19(23)17-11-14(3)27-16(17)5/h6-7,10-11,15H,8-9H2,1-5H3,(H,22,25)/t15-/m0/s1.